The van der Waals surface area contributed by atoms with E-state index >= 15 is 0 Å². The zero-order valence-corrected chi connectivity index (χ0v) is 15.5. The summed E-state index contributed by atoms with van der Waals surface area (Å²) in [6.07, 6.45) is -0.0909. The average molecular weight is 396 g/mol. The average Bonchev–Trinajstić information content (AvgIpc) is 2.65. The fraction of sp³-hybridized carbons (Fsp3) is 0.316. The van der Waals surface area contributed by atoms with Crippen LogP contribution >= 0.6 is 11.6 Å². The summed E-state index contributed by atoms with van der Waals surface area (Å²) in [5.74, 6) is -1.61. The third-order valence-electron chi connectivity index (χ3n) is 4.60. The fourth-order valence-electron chi connectivity index (χ4n) is 3.15. The number of hydrogen-bond acceptors (Lipinski definition) is 4. The molecule has 0 radical (unpaired) electrons. The summed E-state index contributed by atoms with van der Waals surface area (Å²) in [6, 6.07) is 7.42. The predicted molar refractivity (Wildman–Crippen MR) is 104 cm³/mol. The van der Waals surface area contributed by atoms with Gasteiger partial charge in [0.2, 0.25) is 0 Å². The third-order valence-corrected chi connectivity index (χ3v) is 4.89. The number of carboxylic acids is 1. The van der Waals surface area contributed by atoms with Crippen LogP contribution in [0.15, 0.2) is 30.3 Å². The zero-order valence-electron chi connectivity index (χ0n) is 14.7. The molecule has 3 N–H and O–H groups in total. The summed E-state index contributed by atoms with van der Waals surface area (Å²) < 4.78 is 26.8. The van der Waals surface area contributed by atoms with Crippen molar-refractivity contribution in [2.75, 3.05) is 35.7 Å². The number of carboxylic acid groups (broad SMARTS) is 1. The number of hydrogen-bond donors (Lipinski definition) is 3. The first-order chi connectivity index (χ1) is 12.9. The van der Waals surface area contributed by atoms with Crippen molar-refractivity contribution in [1.29, 1.82) is 0 Å². The molecule has 0 bridgehead atoms. The fourth-order valence-corrected chi connectivity index (χ4v) is 3.33. The Morgan fingerprint density at radius 2 is 1.93 bits per heavy atom. The van der Waals surface area contributed by atoms with E-state index in [1.807, 2.05) is 4.90 Å². The SMILES string of the molecule is CNc1cc(N2CCC(F)CC2)c(C(=O)O)cc1Nc1ccc(F)c(Cl)c1. The van der Waals surface area contributed by atoms with E-state index < -0.39 is 18.0 Å². The number of nitrogens with zero attached hydrogens (tertiary/aromatic N) is 1. The summed E-state index contributed by atoms with van der Waals surface area (Å²) in [7, 11) is 1.72. The van der Waals surface area contributed by atoms with Gasteiger partial charge in [-0.05, 0) is 43.2 Å². The summed E-state index contributed by atoms with van der Waals surface area (Å²) in [4.78, 5) is 13.7. The Labute approximate surface area is 160 Å². The molecule has 1 aliphatic rings. The first-order valence-corrected chi connectivity index (χ1v) is 8.97. The molecule has 1 aliphatic heterocycles. The van der Waals surface area contributed by atoms with Crippen molar-refractivity contribution in [3.63, 3.8) is 0 Å². The standard InChI is InChI=1S/C19H20ClF2N3O2/c1-23-16-10-18(25-6-4-11(21)5-7-25)13(19(26)27)9-17(16)24-12-2-3-15(22)14(20)8-12/h2-3,8-11,23-24H,4-7H2,1H3,(H,26,27). The normalized spacial score (nSPS) is 14.9. The lowest BCUT2D eigenvalue weighted by Crippen LogP contribution is -2.35. The Kier molecular flexibility index (Phi) is 5.70. The summed E-state index contributed by atoms with van der Waals surface area (Å²) in [5.41, 5.74) is 2.36. The number of halogens is 3. The summed E-state index contributed by atoms with van der Waals surface area (Å²) in [5, 5.41) is 15.7. The maximum atomic E-state index is 13.4. The van der Waals surface area contributed by atoms with Gasteiger partial charge in [-0.15, -0.1) is 0 Å². The van der Waals surface area contributed by atoms with E-state index in [0.717, 1.165) is 0 Å². The van der Waals surface area contributed by atoms with Crippen molar-refractivity contribution in [3.8, 4) is 0 Å². The lowest BCUT2D eigenvalue weighted by molar-refractivity contribution is 0.0697. The number of piperidine rings is 1. The van der Waals surface area contributed by atoms with Crippen LogP contribution in [-0.4, -0.2) is 37.4 Å². The van der Waals surface area contributed by atoms with E-state index in [9.17, 15) is 18.7 Å². The first kappa shape index (κ1) is 19.2. The van der Waals surface area contributed by atoms with Gasteiger partial charge in [0.1, 0.15) is 12.0 Å². The highest BCUT2D eigenvalue weighted by Crippen LogP contribution is 2.35. The number of benzene rings is 2. The van der Waals surface area contributed by atoms with Gasteiger partial charge in [-0.2, -0.15) is 0 Å². The molecule has 0 saturated carbocycles. The van der Waals surface area contributed by atoms with Gasteiger partial charge in [0.15, 0.2) is 0 Å². The maximum Gasteiger partial charge on any atom is 0.337 e. The molecule has 2 aromatic carbocycles. The van der Waals surface area contributed by atoms with E-state index in [-0.39, 0.29) is 10.6 Å². The quantitative estimate of drug-likeness (QED) is 0.672. The molecule has 1 fully saturated rings. The molecule has 0 atom stereocenters. The van der Waals surface area contributed by atoms with Crippen molar-refractivity contribution in [2.24, 2.45) is 0 Å². The Bertz CT molecular complexity index is 855. The van der Waals surface area contributed by atoms with Gasteiger partial charge < -0.3 is 20.6 Å². The van der Waals surface area contributed by atoms with Crippen LogP contribution in [0.1, 0.15) is 23.2 Å². The molecule has 1 saturated heterocycles. The molecule has 0 aromatic heterocycles. The number of anilines is 4. The number of carbonyl (C=O) groups is 1. The molecular formula is C19H20ClF2N3O2. The summed E-state index contributed by atoms with van der Waals surface area (Å²) >= 11 is 5.81. The molecule has 2 aromatic rings. The minimum absolute atomic E-state index is 0.0322. The van der Waals surface area contributed by atoms with E-state index in [1.54, 1.807) is 13.1 Å². The van der Waals surface area contributed by atoms with Crippen LogP contribution in [0.2, 0.25) is 5.02 Å². The Morgan fingerprint density at radius 1 is 1.22 bits per heavy atom. The Morgan fingerprint density at radius 3 is 2.52 bits per heavy atom. The molecule has 3 rings (SSSR count). The number of alkyl halides is 1. The first-order valence-electron chi connectivity index (χ1n) is 8.59. The second-order valence-corrected chi connectivity index (χ2v) is 6.79. The van der Waals surface area contributed by atoms with Crippen molar-refractivity contribution < 1.29 is 18.7 Å². The van der Waals surface area contributed by atoms with Gasteiger partial charge in [0.25, 0.3) is 0 Å². The highest BCUT2D eigenvalue weighted by Gasteiger charge is 2.24. The van der Waals surface area contributed by atoms with Gasteiger partial charge >= 0.3 is 5.97 Å². The molecular weight excluding hydrogens is 376 g/mol. The number of nitrogens with one attached hydrogen (secondary N) is 2. The topological polar surface area (TPSA) is 64.6 Å². The highest BCUT2D eigenvalue weighted by atomic mass is 35.5. The lowest BCUT2D eigenvalue weighted by Gasteiger charge is -2.32. The molecule has 144 valence electrons. The third kappa shape index (κ3) is 4.24. The molecule has 5 nitrogen and oxygen atoms in total. The molecule has 27 heavy (non-hydrogen) atoms. The van der Waals surface area contributed by atoms with Crippen LogP contribution < -0.4 is 15.5 Å². The van der Waals surface area contributed by atoms with Crippen LogP contribution in [0.25, 0.3) is 0 Å². The van der Waals surface area contributed by atoms with Crippen LogP contribution in [0.5, 0.6) is 0 Å². The van der Waals surface area contributed by atoms with Gasteiger partial charge in [-0.3, -0.25) is 0 Å². The van der Waals surface area contributed by atoms with Crippen LogP contribution in [0, 0.1) is 5.82 Å². The van der Waals surface area contributed by atoms with E-state index in [0.29, 0.717) is 48.7 Å². The van der Waals surface area contributed by atoms with Crippen molar-refractivity contribution in [2.45, 2.75) is 19.0 Å². The second kappa shape index (κ2) is 8.00. The number of aromatic carboxylic acids is 1. The van der Waals surface area contributed by atoms with Gasteiger partial charge in [0.05, 0.1) is 27.6 Å². The van der Waals surface area contributed by atoms with Crippen LogP contribution in [0.4, 0.5) is 31.5 Å². The Hall–Kier alpha value is -2.54. The molecule has 8 heteroatoms. The van der Waals surface area contributed by atoms with E-state index in [2.05, 4.69) is 10.6 Å². The van der Waals surface area contributed by atoms with E-state index in [1.165, 1.54) is 24.3 Å². The van der Waals surface area contributed by atoms with Gasteiger partial charge in [0, 0.05) is 25.8 Å². The maximum absolute atomic E-state index is 13.4. The minimum Gasteiger partial charge on any atom is -0.478 e. The zero-order chi connectivity index (χ0) is 19.6. The monoisotopic (exact) mass is 395 g/mol. The highest BCUT2D eigenvalue weighted by molar-refractivity contribution is 6.31. The van der Waals surface area contributed by atoms with Crippen LogP contribution in [0.3, 0.4) is 0 Å². The minimum atomic E-state index is -1.07. The summed E-state index contributed by atoms with van der Waals surface area (Å²) in [6.45, 7) is 0.926. The molecule has 0 aliphatic carbocycles. The molecule has 0 spiro atoms. The number of rotatable bonds is 5. The van der Waals surface area contributed by atoms with Gasteiger partial charge in [-0.25, -0.2) is 13.6 Å². The molecule has 0 unspecified atom stereocenters. The largest absolute Gasteiger partial charge is 0.478 e. The molecule has 1 heterocycles. The van der Waals surface area contributed by atoms with Crippen LogP contribution in [-0.2, 0) is 0 Å². The van der Waals surface area contributed by atoms with E-state index in [4.69, 9.17) is 11.6 Å². The van der Waals surface area contributed by atoms with Crippen molar-refractivity contribution >= 4 is 40.3 Å². The second-order valence-electron chi connectivity index (χ2n) is 6.39. The Balaban J connectivity index is 1.98. The predicted octanol–water partition coefficient (Wildman–Crippen LogP) is 4.90. The lowest BCUT2D eigenvalue weighted by atomic mass is 10.0. The van der Waals surface area contributed by atoms with Crippen molar-refractivity contribution in [1.82, 2.24) is 0 Å². The van der Waals surface area contributed by atoms with Gasteiger partial charge in [-0.1, -0.05) is 11.6 Å². The smallest absolute Gasteiger partial charge is 0.337 e. The molecule has 0 amide bonds. The van der Waals surface area contributed by atoms with Crippen molar-refractivity contribution in [3.05, 3.63) is 46.7 Å².